The summed E-state index contributed by atoms with van der Waals surface area (Å²) in [5.41, 5.74) is 13.2. The molecule has 0 aliphatic carbocycles. The molecule has 14 heavy (non-hydrogen) atoms. The Morgan fingerprint density at radius 1 is 1.43 bits per heavy atom. The van der Waals surface area contributed by atoms with Crippen molar-refractivity contribution in [3.8, 4) is 0 Å². The van der Waals surface area contributed by atoms with Gasteiger partial charge >= 0.3 is 0 Å². The Morgan fingerprint density at radius 3 is 2.64 bits per heavy atom. The molecule has 0 fully saturated rings. The lowest BCUT2D eigenvalue weighted by molar-refractivity contribution is -0.112. The van der Waals surface area contributed by atoms with Crippen molar-refractivity contribution < 1.29 is 4.79 Å². The molecule has 0 aliphatic rings. The molecule has 0 saturated heterocycles. The van der Waals surface area contributed by atoms with E-state index in [0.29, 0.717) is 22.6 Å². The normalized spacial score (nSPS) is 9.50. The predicted octanol–water partition coefficient (Wildman–Crippen LogP) is 1.37. The van der Waals surface area contributed by atoms with Crippen molar-refractivity contribution in [1.82, 2.24) is 0 Å². The molecule has 5 N–H and O–H groups in total. The Bertz CT molecular complexity index is 385. The summed E-state index contributed by atoms with van der Waals surface area (Å²) in [5.74, 6) is -0.262. The summed E-state index contributed by atoms with van der Waals surface area (Å²) < 4.78 is 0. The van der Waals surface area contributed by atoms with Crippen LogP contribution >= 0.6 is 0 Å². The van der Waals surface area contributed by atoms with E-state index in [1.807, 2.05) is 0 Å². The minimum Gasteiger partial charge on any atom is -0.399 e. The van der Waals surface area contributed by atoms with Crippen LogP contribution in [0.2, 0.25) is 0 Å². The second-order valence-electron chi connectivity index (χ2n) is 3.08. The van der Waals surface area contributed by atoms with Gasteiger partial charge < -0.3 is 16.8 Å². The van der Waals surface area contributed by atoms with Gasteiger partial charge in [0, 0.05) is 11.3 Å². The van der Waals surface area contributed by atoms with Crippen molar-refractivity contribution in [1.29, 1.82) is 0 Å². The van der Waals surface area contributed by atoms with Gasteiger partial charge in [0.1, 0.15) is 0 Å². The number of nitrogen functional groups attached to an aromatic ring is 2. The molecule has 0 spiro atoms. The van der Waals surface area contributed by atoms with Crippen molar-refractivity contribution in [2.24, 2.45) is 0 Å². The molecule has 0 bridgehead atoms. The van der Waals surface area contributed by atoms with Crippen LogP contribution in [0.1, 0.15) is 6.92 Å². The van der Waals surface area contributed by atoms with Gasteiger partial charge in [0.15, 0.2) is 0 Å². The summed E-state index contributed by atoms with van der Waals surface area (Å²) >= 11 is 0. The van der Waals surface area contributed by atoms with Crippen molar-refractivity contribution in [2.45, 2.75) is 6.92 Å². The van der Waals surface area contributed by atoms with E-state index in [9.17, 15) is 4.79 Å². The van der Waals surface area contributed by atoms with Crippen molar-refractivity contribution in [3.63, 3.8) is 0 Å². The van der Waals surface area contributed by atoms with Crippen LogP contribution in [0.5, 0.6) is 0 Å². The van der Waals surface area contributed by atoms with Crippen LogP contribution < -0.4 is 16.8 Å². The Labute approximate surface area is 82.6 Å². The van der Waals surface area contributed by atoms with Crippen LogP contribution in [0.3, 0.4) is 0 Å². The van der Waals surface area contributed by atoms with Crippen LogP contribution in [0.4, 0.5) is 17.1 Å². The third kappa shape index (κ3) is 2.26. The lowest BCUT2D eigenvalue weighted by atomic mass is 10.2. The molecular weight excluding hydrogens is 178 g/mol. The lowest BCUT2D eigenvalue weighted by Crippen LogP contribution is -2.13. The van der Waals surface area contributed by atoms with E-state index >= 15 is 0 Å². The molecule has 0 radical (unpaired) electrons. The fourth-order valence-corrected chi connectivity index (χ4v) is 0.911. The van der Waals surface area contributed by atoms with Gasteiger partial charge in [-0.05, 0) is 25.1 Å². The zero-order valence-electron chi connectivity index (χ0n) is 8.00. The van der Waals surface area contributed by atoms with Crippen LogP contribution in [0, 0.1) is 0 Å². The van der Waals surface area contributed by atoms with Crippen LogP contribution in [-0.4, -0.2) is 5.91 Å². The molecule has 1 amide bonds. The van der Waals surface area contributed by atoms with Gasteiger partial charge in [-0.25, -0.2) is 0 Å². The molecule has 0 aromatic heterocycles. The Hall–Kier alpha value is -1.97. The SMILES string of the molecule is C=C(C)C(=O)Nc1cc(N)ccc1N. The molecule has 0 saturated carbocycles. The maximum Gasteiger partial charge on any atom is 0.250 e. The third-order valence-corrected chi connectivity index (χ3v) is 1.71. The molecule has 1 aromatic carbocycles. The Balaban J connectivity index is 2.91. The minimum absolute atomic E-state index is 0.262. The molecule has 0 aliphatic heterocycles. The standard InChI is InChI=1S/C10H13N3O/c1-6(2)10(14)13-9-5-7(11)3-4-8(9)12/h3-5H,1,11-12H2,2H3,(H,13,14). The van der Waals surface area contributed by atoms with Gasteiger partial charge in [-0.1, -0.05) is 6.58 Å². The molecule has 0 heterocycles. The number of rotatable bonds is 2. The van der Waals surface area contributed by atoms with Gasteiger partial charge in [-0.3, -0.25) is 4.79 Å². The topological polar surface area (TPSA) is 81.1 Å². The van der Waals surface area contributed by atoms with Gasteiger partial charge in [0.25, 0.3) is 5.91 Å². The van der Waals surface area contributed by atoms with Gasteiger partial charge in [0.2, 0.25) is 0 Å². The number of amides is 1. The highest BCUT2D eigenvalue weighted by atomic mass is 16.1. The first-order valence-electron chi connectivity index (χ1n) is 4.12. The zero-order chi connectivity index (χ0) is 10.7. The van der Waals surface area contributed by atoms with Crippen molar-refractivity contribution in [3.05, 3.63) is 30.4 Å². The highest BCUT2D eigenvalue weighted by Crippen LogP contribution is 2.21. The van der Waals surface area contributed by atoms with E-state index in [4.69, 9.17) is 11.5 Å². The quantitative estimate of drug-likeness (QED) is 0.487. The summed E-state index contributed by atoms with van der Waals surface area (Å²) in [5, 5.41) is 2.61. The zero-order valence-corrected chi connectivity index (χ0v) is 8.00. The lowest BCUT2D eigenvalue weighted by Gasteiger charge is -2.08. The first-order chi connectivity index (χ1) is 6.50. The van der Waals surface area contributed by atoms with Gasteiger partial charge in [0.05, 0.1) is 11.4 Å². The number of hydrogen-bond acceptors (Lipinski definition) is 3. The van der Waals surface area contributed by atoms with E-state index in [2.05, 4.69) is 11.9 Å². The molecule has 4 nitrogen and oxygen atoms in total. The summed E-state index contributed by atoms with van der Waals surface area (Å²) in [6.07, 6.45) is 0. The number of carbonyl (C=O) groups excluding carboxylic acids is 1. The minimum atomic E-state index is -0.262. The van der Waals surface area contributed by atoms with Crippen LogP contribution in [-0.2, 0) is 4.79 Å². The third-order valence-electron chi connectivity index (χ3n) is 1.71. The Morgan fingerprint density at radius 2 is 2.07 bits per heavy atom. The second kappa shape index (κ2) is 3.83. The second-order valence-corrected chi connectivity index (χ2v) is 3.08. The predicted molar refractivity (Wildman–Crippen MR) is 58.7 cm³/mol. The van der Waals surface area contributed by atoms with E-state index in [1.54, 1.807) is 25.1 Å². The summed E-state index contributed by atoms with van der Waals surface area (Å²) in [4.78, 5) is 11.3. The summed E-state index contributed by atoms with van der Waals surface area (Å²) in [6, 6.07) is 4.92. The average molecular weight is 191 g/mol. The van der Waals surface area contributed by atoms with Crippen molar-refractivity contribution >= 4 is 23.0 Å². The van der Waals surface area contributed by atoms with E-state index in [0.717, 1.165) is 0 Å². The fraction of sp³-hybridized carbons (Fsp3) is 0.100. The monoisotopic (exact) mass is 191 g/mol. The first kappa shape index (κ1) is 10.1. The maximum atomic E-state index is 11.3. The number of nitrogens with one attached hydrogen (secondary N) is 1. The van der Waals surface area contributed by atoms with Gasteiger partial charge in [-0.2, -0.15) is 0 Å². The molecule has 74 valence electrons. The van der Waals surface area contributed by atoms with E-state index < -0.39 is 0 Å². The largest absolute Gasteiger partial charge is 0.399 e. The smallest absolute Gasteiger partial charge is 0.250 e. The van der Waals surface area contributed by atoms with Crippen LogP contribution in [0.25, 0.3) is 0 Å². The number of carbonyl (C=O) groups is 1. The molecule has 4 heteroatoms. The van der Waals surface area contributed by atoms with E-state index in [1.165, 1.54) is 0 Å². The number of nitrogens with two attached hydrogens (primary N) is 2. The number of benzene rings is 1. The Kier molecular flexibility index (Phi) is 2.76. The van der Waals surface area contributed by atoms with Crippen molar-refractivity contribution in [2.75, 3.05) is 16.8 Å². The highest BCUT2D eigenvalue weighted by molar-refractivity contribution is 6.04. The number of hydrogen-bond donors (Lipinski definition) is 3. The van der Waals surface area contributed by atoms with E-state index in [-0.39, 0.29) is 5.91 Å². The molecule has 0 unspecified atom stereocenters. The molecule has 1 aromatic rings. The molecular formula is C10H13N3O. The highest BCUT2D eigenvalue weighted by Gasteiger charge is 2.05. The summed E-state index contributed by atoms with van der Waals surface area (Å²) in [7, 11) is 0. The molecule has 1 rings (SSSR count). The first-order valence-corrected chi connectivity index (χ1v) is 4.12. The van der Waals surface area contributed by atoms with Crippen LogP contribution in [0.15, 0.2) is 30.4 Å². The summed E-state index contributed by atoms with van der Waals surface area (Å²) in [6.45, 7) is 5.14. The fourth-order valence-electron chi connectivity index (χ4n) is 0.911. The number of anilines is 3. The maximum absolute atomic E-state index is 11.3. The van der Waals surface area contributed by atoms with Gasteiger partial charge in [-0.15, -0.1) is 0 Å². The molecule has 0 atom stereocenters. The average Bonchev–Trinajstić information content (AvgIpc) is 2.11.